The Hall–Kier alpha value is -4.64. The molecule has 2 saturated heterocycles. The van der Waals surface area contributed by atoms with Crippen LogP contribution >= 0.6 is 0 Å². The molecule has 2 aliphatic rings. The van der Waals surface area contributed by atoms with E-state index in [0.29, 0.717) is 29.1 Å². The van der Waals surface area contributed by atoms with Gasteiger partial charge < -0.3 is 25.6 Å². The summed E-state index contributed by atoms with van der Waals surface area (Å²) in [5.74, 6) is 2.19. The number of carbonyl (C=O) groups is 1. The summed E-state index contributed by atoms with van der Waals surface area (Å²) in [7, 11) is 0. The number of nitrogens with one attached hydrogen (secondary N) is 3. The smallest absolute Gasteiger partial charge is 0.309 e. The van der Waals surface area contributed by atoms with Crippen molar-refractivity contribution in [2.24, 2.45) is 5.92 Å². The predicted molar refractivity (Wildman–Crippen MR) is 162 cm³/mol. The molecule has 0 aliphatic carbocycles. The number of anilines is 5. The minimum absolute atomic E-state index is 0.0109. The molecule has 11 heteroatoms. The number of ether oxygens (including phenoxy) is 1. The summed E-state index contributed by atoms with van der Waals surface area (Å²) in [4.78, 5) is 37.4. The molecule has 2 aliphatic heterocycles. The van der Waals surface area contributed by atoms with Gasteiger partial charge in [-0.2, -0.15) is 4.98 Å². The van der Waals surface area contributed by atoms with E-state index >= 15 is 0 Å². The van der Waals surface area contributed by atoms with Crippen LogP contribution in [0.4, 0.5) is 29.0 Å². The van der Waals surface area contributed by atoms with Crippen LogP contribution in [0.5, 0.6) is 0 Å². The van der Waals surface area contributed by atoms with E-state index in [2.05, 4.69) is 57.9 Å². The molecule has 2 fully saturated rings. The van der Waals surface area contributed by atoms with Gasteiger partial charge in [-0.3, -0.25) is 4.79 Å². The van der Waals surface area contributed by atoms with E-state index in [-0.39, 0.29) is 18.0 Å². The number of nitrogens with zero attached hydrogens (tertiary/aromatic N) is 6. The Morgan fingerprint density at radius 1 is 0.857 bits per heavy atom. The highest BCUT2D eigenvalue weighted by Gasteiger charge is 2.28. The Labute approximate surface area is 245 Å². The zero-order valence-electron chi connectivity index (χ0n) is 23.7. The van der Waals surface area contributed by atoms with Gasteiger partial charge in [-0.15, -0.1) is 0 Å². The molecule has 0 radical (unpaired) electrons. The molecule has 4 aromatic rings. The molecule has 0 bridgehead atoms. The number of aryl methyl sites for hydroxylation is 1. The van der Waals surface area contributed by atoms with Crippen LogP contribution < -0.4 is 20.9 Å². The maximum absolute atomic E-state index is 12.6. The van der Waals surface area contributed by atoms with Crippen LogP contribution in [-0.2, 0) is 9.53 Å². The first kappa shape index (κ1) is 27.5. The standard InChI is InChI=1S/C31H35N9O2/c1-21-3-2-4-26(35-21)29-33-17-11-27(38-29)37-28-12-18-34-31(39-28)36-23-5-7-24(8-6-23)40-19-13-22(14-20-40)30(41)42-25-9-15-32-16-10-25/h2-8,11-12,17-18,22,25,32H,9-10,13-16,19-20H2,1H3,(H2,33,34,36,37,38,39). The Balaban J connectivity index is 1.02. The summed E-state index contributed by atoms with van der Waals surface area (Å²) in [6.45, 7) is 5.45. The zero-order valence-corrected chi connectivity index (χ0v) is 23.7. The number of benzene rings is 1. The Morgan fingerprint density at radius 3 is 2.36 bits per heavy atom. The molecule has 0 spiro atoms. The van der Waals surface area contributed by atoms with Crippen LogP contribution in [0.25, 0.3) is 11.5 Å². The van der Waals surface area contributed by atoms with E-state index in [9.17, 15) is 4.79 Å². The van der Waals surface area contributed by atoms with Crippen molar-refractivity contribution in [2.45, 2.75) is 38.7 Å². The average molecular weight is 566 g/mol. The Kier molecular flexibility index (Phi) is 8.46. The van der Waals surface area contributed by atoms with E-state index in [1.54, 1.807) is 24.5 Å². The number of piperidine rings is 2. The van der Waals surface area contributed by atoms with Gasteiger partial charge in [-0.05, 0) is 94.2 Å². The van der Waals surface area contributed by atoms with Crippen molar-refractivity contribution < 1.29 is 9.53 Å². The van der Waals surface area contributed by atoms with Crippen LogP contribution in [0.2, 0.25) is 0 Å². The normalized spacial score (nSPS) is 16.2. The van der Waals surface area contributed by atoms with E-state index in [1.807, 2.05) is 37.3 Å². The van der Waals surface area contributed by atoms with Gasteiger partial charge >= 0.3 is 5.97 Å². The molecule has 3 aromatic heterocycles. The van der Waals surface area contributed by atoms with E-state index in [4.69, 9.17) is 4.74 Å². The van der Waals surface area contributed by atoms with Gasteiger partial charge in [0.2, 0.25) is 5.95 Å². The molecule has 1 aromatic carbocycles. The van der Waals surface area contributed by atoms with Crippen molar-refractivity contribution in [3.63, 3.8) is 0 Å². The number of rotatable bonds is 8. The van der Waals surface area contributed by atoms with Crippen LogP contribution in [0, 0.1) is 12.8 Å². The molecule has 6 rings (SSSR count). The second-order valence-electron chi connectivity index (χ2n) is 10.6. The summed E-state index contributed by atoms with van der Waals surface area (Å²) >= 11 is 0. The number of pyridine rings is 1. The van der Waals surface area contributed by atoms with E-state index in [1.165, 1.54) is 0 Å². The number of aromatic nitrogens is 5. The van der Waals surface area contributed by atoms with Crippen LogP contribution in [0.3, 0.4) is 0 Å². The molecular weight excluding hydrogens is 530 g/mol. The number of esters is 1. The monoisotopic (exact) mass is 565 g/mol. The summed E-state index contributed by atoms with van der Waals surface area (Å²) < 4.78 is 5.78. The second-order valence-corrected chi connectivity index (χ2v) is 10.6. The Morgan fingerprint density at radius 2 is 1.60 bits per heavy atom. The fourth-order valence-corrected chi connectivity index (χ4v) is 5.27. The third-order valence-corrected chi connectivity index (χ3v) is 7.57. The maximum atomic E-state index is 12.6. The first-order valence-electron chi connectivity index (χ1n) is 14.5. The van der Waals surface area contributed by atoms with Crippen molar-refractivity contribution in [3.8, 4) is 11.5 Å². The summed E-state index contributed by atoms with van der Waals surface area (Å²) in [6.07, 6.45) is 6.90. The molecule has 0 amide bonds. The van der Waals surface area contributed by atoms with Gasteiger partial charge in [0, 0.05) is 42.6 Å². The lowest BCUT2D eigenvalue weighted by molar-refractivity contribution is -0.155. The van der Waals surface area contributed by atoms with Gasteiger partial charge in [0.25, 0.3) is 0 Å². The van der Waals surface area contributed by atoms with Crippen LogP contribution in [0.15, 0.2) is 67.0 Å². The molecule has 216 valence electrons. The molecule has 0 atom stereocenters. The summed E-state index contributed by atoms with van der Waals surface area (Å²) in [6, 6.07) is 17.5. The SMILES string of the molecule is Cc1cccc(-c2nccc(Nc3ccnc(Nc4ccc(N5CCC(C(=O)OC6CCNCC6)CC5)cc4)n3)n2)n1. The zero-order chi connectivity index (χ0) is 28.7. The van der Waals surface area contributed by atoms with Gasteiger partial charge in [0.1, 0.15) is 23.4 Å². The van der Waals surface area contributed by atoms with E-state index < -0.39 is 0 Å². The fourth-order valence-electron chi connectivity index (χ4n) is 5.27. The number of hydrogen-bond donors (Lipinski definition) is 3. The molecule has 0 saturated carbocycles. The molecule has 5 heterocycles. The molecule has 3 N–H and O–H groups in total. The third kappa shape index (κ3) is 6.98. The van der Waals surface area contributed by atoms with Crippen molar-refractivity contribution in [1.82, 2.24) is 30.2 Å². The quantitative estimate of drug-likeness (QED) is 0.258. The maximum Gasteiger partial charge on any atom is 0.309 e. The van der Waals surface area contributed by atoms with Gasteiger partial charge in [0.15, 0.2) is 5.82 Å². The highest BCUT2D eigenvalue weighted by atomic mass is 16.5. The predicted octanol–water partition coefficient (Wildman–Crippen LogP) is 4.64. The molecular formula is C31H35N9O2. The van der Waals surface area contributed by atoms with Crippen molar-refractivity contribution in [2.75, 3.05) is 41.7 Å². The lowest BCUT2D eigenvalue weighted by atomic mass is 9.96. The molecule has 42 heavy (non-hydrogen) atoms. The largest absolute Gasteiger partial charge is 0.462 e. The van der Waals surface area contributed by atoms with Crippen LogP contribution in [-0.4, -0.2) is 63.2 Å². The Bertz CT molecular complexity index is 1500. The van der Waals surface area contributed by atoms with Gasteiger partial charge in [0.05, 0.1) is 5.92 Å². The van der Waals surface area contributed by atoms with Crippen LogP contribution in [0.1, 0.15) is 31.4 Å². The lowest BCUT2D eigenvalue weighted by Crippen LogP contribution is -2.39. The minimum Gasteiger partial charge on any atom is -0.462 e. The van der Waals surface area contributed by atoms with Crippen molar-refractivity contribution in [3.05, 3.63) is 72.7 Å². The second kappa shape index (κ2) is 12.9. The first-order valence-corrected chi connectivity index (χ1v) is 14.5. The minimum atomic E-state index is -0.0266. The number of hydrogen-bond acceptors (Lipinski definition) is 11. The highest BCUT2D eigenvalue weighted by Crippen LogP contribution is 2.27. The van der Waals surface area contributed by atoms with E-state index in [0.717, 1.165) is 68.9 Å². The summed E-state index contributed by atoms with van der Waals surface area (Å²) in [5, 5.41) is 9.81. The average Bonchev–Trinajstić information content (AvgIpc) is 3.02. The van der Waals surface area contributed by atoms with Gasteiger partial charge in [-0.1, -0.05) is 6.07 Å². The highest BCUT2D eigenvalue weighted by molar-refractivity contribution is 5.73. The fraction of sp³-hybridized carbons (Fsp3) is 0.355. The van der Waals surface area contributed by atoms with Crippen molar-refractivity contribution in [1.29, 1.82) is 0 Å². The van der Waals surface area contributed by atoms with Gasteiger partial charge in [-0.25, -0.2) is 19.9 Å². The first-order chi connectivity index (χ1) is 20.6. The summed E-state index contributed by atoms with van der Waals surface area (Å²) in [5.41, 5.74) is 3.63. The lowest BCUT2D eigenvalue weighted by Gasteiger charge is -2.33. The topological polar surface area (TPSA) is 130 Å². The third-order valence-electron chi connectivity index (χ3n) is 7.57. The number of carbonyl (C=O) groups excluding carboxylic acids is 1. The molecule has 11 nitrogen and oxygen atoms in total. The van der Waals surface area contributed by atoms with Crippen molar-refractivity contribution >= 4 is 34.9 Å². The molecule has 0 unspecified atom stereocenters.